The molecular weight excluding hydrogens is 214 g/mol. The van der Waals surface area contributed by atoms with Crippen molar-refractivity contribution in [2.24, 2.45) is 0 Å². The number of nitrogens with one attached hydrogen (secondary N) is 1. The van der Waals surface area contributed by atoms with Crippen LogP contribution in [0.3, 0.4) is 0 Å². The van der Waals surface area contributed by atoms with Crippen LogP contribution >= 0.6 is 0 Å². The molecule has 0 saturated heterocycles. The van der Waals surface area contributed by atoms with E-state index in [0.29, 0.717) is 6.61 Å². The molecule has 1 N–H and O–H groups in total. The topological polar surface area (TPSA) is 30.5 Å². The molecule has 0 aliphatic heterocycles. The quantitative estimate of drug-likeness (QED) is 0.782. The van der Waals surface area contributed by atoms with Crippen LogP contribution in [0.5, 0.6) is 0 Å². The maximum Gasteiger partial charge on any atom is 0.0855 e. The van der Waals surface area contributed by atoms with E-state index < -0.39 is 0 Å². The first kappa shape index (κ1) is 22.1. The van der Waals surface area contributed by atoms with E-state index in [-0.39, 0.29) is 11.2 Å². The molecule has 0 aromatic rings. The maximum atomic E-state index is 5.74. The predicted octanol–water partition coefficient (Wildman–Crippen LogP) is 3.48. The van der Waals surface area contributed by atoms with Crippen molar-refractivity contribution in [2.45, 2.75) is 66.6 Å². The van der Waals surface area contributed by atoms with E-state index in [9.17, 15) is 0 Å². The smallest absolute Gasteiger partial charge is 0.0855 e. The average Bonchev–Trinajstić information content (AvgIpc) is 2.32. The third-order valence-electron chi connectivity index (χ3n) is 1.97. The Morgan fingerprint density at radius 3 is 1.59 bits per heavy atom. The van der Waals surface area contributed by atoms with Gasteiger partial charge in [0.05, 0.1) is 17.8 Å². The molecule has 0 saturated carbocycles. The van der Waals surface area contributed by atoms with Crippen molar-refractivity contribution in [3.63, 3.8) is 0 Å². The van der Waals surface area contributed by atoms with Gasteiger partial charge in [-0.25, -0.2) is 0 Å². The van der Waals surface area contributed by atoms with Crippen LogP contribution in [0.2, 0.25) is 0 Å². The van der Waals surface area contributed by atoms with Crippen molar-refractivity contribution in [2.75, 3.05) is 27.3 Å². The molecule has 0 aliphatic carbocycles. The van der Waals surface area contributed by atoms with E-state index in [1.807, 2.05) is 48.6 Å². The average molecular weight is 249 g/mol. The van der Waals surface area contributed by atoms with Crippen LogP contribution in [-0.2, 0) is 9.47 Å². The lowest BCUT2D eigenvalue weighted by Gasteiger charge is -2.30. The van der Waals surface area contributed by atoms with Crippen LogP contribution in [0.15, 0.2) is 0 Å². The van der Waals surface area contributed by atoms with Crippen molar-refractivity contribution >= 4 is 0 Å². The second-order valence-corrected chi connectivity index (χ2v) is 4.54. The van der Waals surface area contributed by atoms with E-state index in [1.54, 1.807) is 7.11 Å². The molecule has 0 amide bonds. The van der Waals surface area contributed by atoms with Crippen LogP contribution in [0.25, 0.3) is 0 Å². The molecule has 0 aromatic carbocycles. The summed E-state index contributed by atoms with van der Waals surface area (Å²) in [5, 5.41) is 3.10. The molecule has 0 fully saturated rings. The van der Waals surface area contributed by atoms with Gasteiger partial charge in [-0.2, -0.15) is 0 Å². The summed E-state index contributed by atoms with van der Waals surface area (Å²) in [6.07, 6.45) is 0. The normalized spacial score (nSPS) is 10.9. The highest BCUT2D eigenvalue weighted by Crippen LogP contribution is 2.14. The highest BCUT2D eigenvalue weighted by Gasteiger charge is 2.23. The Morgan fingerprint density at radius 2 is 1.29 bits per heavy atom. The van der Waals surface area contributed by atoms with E-state index in [2.05, 4.69) is 19.2 Å². The fourth-order valence-electron chi connectivity index (χ4n) is 0.905. The number of likely N-dealkylation sites (N-methyl/N-ethyl adjacent to an activating group) is 1. The third kappa shape index (κ3) is 15.9. The molecule has 0 heterocycles. The van der Waals surface area contributed by atoms with E-state index in [4.69, 9.17) is 9.47 Å². The molecule has 17 heavy (non-hydrogen) atoms. The molecule has 0 spiro atoms. The summed E-state index contributed by atoms with van der Waals surface area (Å²) in [7, 11) is 3.63. The van der Waals surface area contributed by atoms with Crippen molar-refractivity contribution in [1.82, 2.24) is 5.32 Å². The van der Waals surface area contributed by atoms with Gasteiger partial charge in [0.15, 0.2) is 0 Å². The summed E-state index contributed by atoms with van der Waals surface area (Å²) < 4.78 is 11.0. The van der Waals surface area contributed by atoms with Gasteiger partial charge in [-0.15, -0.1) is 0 Å². The maximum absolute atomic E-state index is 5.74. The number of methoxy groups -OCH3 is 1. The Labute approximate surface area is 109 Å². The molecule has 0 atom stereocenters. The van der Waals surface area contributed by atoms with Gasteiger partial charge in [0.25, 0.3) is 0 Å². The molecule has 0 rings (SSSR count). The fraction of sp³-hybridized carbons (Fsp3) is 1.00. The van der Waals surface area contributed by atoms with Gasteiger partial charge >= 0.3 is 0 Å². The zero-order valence-electron chi connectivity index (χ0n) is 13.7. The van der Waals surface area contributed by atoms with Crippen LogP contribution in [0, 0.1) is 0 Å². The van der Waals surface area contributed by atoms with Gasteiger partial charge in [-0.1, -0.05) is 27.7 Å². The molecule has 0 unspecified atom stereocenters. The van der Waals surface area contributed by atoms with Gasteiger partial charge in [0.2, 0.25) is 0 Å². The second-order valence-electron chi connectivity index (χ2n) is 4.54. The molecule has 0 bridgehead atoms. The second kappa shape index (κ2) is 12.3. The lowest BCUT2D eigenvalue weighted by atomic mass is 10.1. The molecule has 0 radical (unpaired) electrons. The lowest BCUT2D eigenvalue weighted by molar-refractivity contribution is -0.104. The van der Waals surface area contributed by atoms with Gasteiger partial charge < -0.3 is 14.8 Å². The van der Waals surface area contributed by atoms with Crippen molar-refractivity contribution in [3.8, 4) is 0 Å². The van der Waals surface area contributed by atoms with E-state index in [0.717, 1.165) is 6.54 Å². The third-order valence-corrected chi connectivity index (χ3v) is 1.97. The van der Waals surface area contributed by atoms with Crippen LogP contribution in [-0.4, -0.2) is 38.5 Å². The zero-order valence-corrected chi connectivity index (χ0v) is 13.7. The van der Waals surface area contributed by atoms with Crippen molar-refractivity contribution in [1.29, 1.82) is 0 Å². The summed E-state index contributed by atoms with van der Waals surface area (Å²) in [5.41, 5.74) is -0.338. The monoisotopic (exact) mass is 249 g/mol. The summed E-state index contributed by atoms with van der Waals surface area (Å²) >= 11 is 0. The predicted molar refractivity (Wildman–Crippen MR) is 77.7 cm³/mol. The molecule has 0 aliphatic rings. The molecule has 3 nitrogen and oxygen atoms in total. The SMILES string of the molecule is CC.CC.CNCC(C)(C)OCC(C)(C)OC. The number of rotatable bonds is 6. The first-order valence-electron chi connectivity index (χ1n) is 6.67. The fourth-order valence-corrected chi connectivity index (χ4v) is 0.905. The molecular formula is C14H35NO2. The number of hydrogen-bond acceptors (Lipinski definition) is 3. The number of hydrogen-bond donors (Lipinski definition) is 1. The number of ether oxygens (including phenoxy) is 2. The Kier molecular flexibility index (Phi) is 16.0. The Balaban J connectivity index is -0.000000439. The Morgan fingerprint density at radius 1 is 0.882 bits per heavy atom. The molecule has 0 aromatic heterocycles. The van der Waals surface area contributed by atoms with Gasteiger partial charge in [-0.3, -0.25) is 0 Å². The standard InChI is InChI=1S/C10H23NO2.2C2H6/c1-9(2,7-11-5)13-8-10(3,4)12-6;2*1-2/h11H,7-8H2,1-6H3;2*1-2H3. The van der Waals surface area contributed by atoms with Gasteiger partial charge in [0, 0.05) is 13.7 Å². The minimum absolute atomic E-state index is 0.134. The summed E-state index contributed by atoms with van der Waals surface area (Å²) in [5.74, 6) is 0. The van der Waals surface area contributed by atoms with Crippen molar-refractivity contribution in [3.05, 3.63) is 0 Å². The first-order chi connectivity index (χ1) is 7.83. The first-order valence-corrected chi connectivity index (χ1v) is 6.67. The highest BCUT2D eigenvalue weighted by atomic mass is 16.5. The zero-order chi connectivity index (χ0) is 14.5. The summed E-state index contributed by atoms with van der Waals surface area (Å²) in [6, 6.07) is 0. The van der Waals surface area contributed by atoms with Gasteiger partial charge in [-0.05, 0) is 34.7 Å². The minimum atomic E-state index is -0.203. The largest absolute Gasteiger partial charge is 0.376 e. The van der Waals surface area contributed by atoms with Crippen LogP contribution < -0.4 is 5.32 Å². The summed E-state index contributed by atoms with van der Waals surface area (Å²) in [6.45, 7) is 17.6. The van der Waals surface area contributed by atoms with E-state index in [1.165, 1.54) is 0 Å². The highest BCUT2D eigenvalue weighted by molar-refractivity contribution is 4.74. The van der Waals surface area contributed by atoms with Crippen LogP contribution in [0.4, 0.5) is 0 Å². The molecule has 3 heteroatoms. The Bertz CT molecular complexity index is 145. The van der Waals surface area contributed by atoms with Crippen LogP contribution in [0.1, 0.15) is 55.4 Å². The van der Waals surface area contributed by atoms with E-state index >= 15 is 0 Å². The lowest BCUT2D eigenvalue weighted by Crippen LogP contribution is -2.41. The molecule has 108 valence electrons. The van der Waals surface area contributed by atoms with Gasteiger partial charge in [0.1, 0.15) is 0 Å². The summed E-state index contributed by atoms with van der Waals surface area (Å²) in [4.78, 5) is 0. The minimum Gasteiger partial charge on any atom is -0.376 e. The Hall–Kier alpha value is -0.120. The van der Waals surface area contributed by atoms with Crippen molar-refractivity contribution < 1.29 is 9.47 Å².